The molecule has 1 amide bonds. The van der Waals surface area contributed by atoms with Crippen molar-refractivity contribution >= 4 is 17.2 Å². The number of ether oxygens (including phenoxy) is 4. The number of rotatable bonds is 10. The minimum Gasteiger partial charge on any atom is -0.497 e. The molecule has 1 fully saturated rings. The van der Waals surface area contributed by atoms with Crippen molar-refractivity contribution in [2.75, 3.05) is 21.3 Å². The van der Waals surface area contributed by atoms with Gasteiger partial charge in [0.15, 0.2) is 11.5 Å². The highest BCUT2D eigenvalue weighted by atomic mass is 32.1. The fourth-order valence-corrected chi connectivity index (χ4v) is 4.13. The number of methoxy groups -OCH3 is 3. The van der Waals surface area contributed by atoms with Crippen LogP contribution in [0.4, 0.5) is 0 Å². The van der Waals surface area contributed by atoms with Gasteiger partial charge in [0.2, 0.25) is 5.75 Å². The Morgan fingerprint density at radius 2 is 1.78 bits per heavy atom. The largest absolute Gasteiger partial charge is 0.497 e. The fourth-order valence-electron chi connectivity index (χ4n) is 3.43. The van der Waals surface area contributed by atoms with E-state index in [1.807, 2.05) is 46.7 Å². The molecule has 2 aromatic carbocycles. The number of nitrogens with zero attached hydrogens (tertiary/aromatic N) is 2. The van der Waals surface area contributed by atoms with Crippen molar-refractivity contribution < 1.29 is 23.7 Å². The summed E-state index contributed by atoms with van der Waals surface area (Å²) in [5, 5.41) is 2.80. The molecule has 0 radical (unpaired) electrons. The zero-order valence-electron chi connectivity index (χ0n) is 18.4. The second kappa shape index (κ2) is 9.91. The molecule has 0 N–H and O–H groups in total. The van der Waals surface area contributed by atoms with Crippen LogP contribution in [0, 0.1) is 0 Å². The lowest BCUT2D eigenvalue weighted by Crippen LogP contribution is -2.32. The molecule has 0 unspecified atom stereocenters. The van der Waals surface area contributed by atoms with Crippen LogP contribution in [0.2, 0.25) is 0 Å². The Kier molecular flexibility index (Phi) is 6.80. The van der Waals surface area contributed by atoms with E-state index in [9.17, 15) is 4.79 Å². The number of thiazole rings is 1. The van der Waals surface area contributed by atoms with Gasteiger partial charge in [-0.2, -0.15) is 0 Å². The lowest BCUT2D eigenvalue weighted by Gasteiger charge is -2.21. The Morgan fingerprint density at radius 3 is 2.44 bits per heavy atom. The Labute approximate surface area is 191 Å². The number of carbonyl (C=O) groups excluding carboxylic acids is 1. The van der Waals surface area contributed by atoms with E-state index in [0.717, 1.165) is 23.5 Å². The molecule has 0 aliphatic heterocycles. The van der Waals surface area contributed by atoms with Gasteiger partial charge in [0, 0.05) is 17.0 Å². The number of para-hydroxylation sites is 1. The van der Waals surface area contributed by atoms with Gasteiger partial charge in [-0.15, -0.1) is 11.3 Å². The predicted molar refractivity (Wildman–Crippen MR) is 122 cm³/mol. The summed E-state index contributed by atoms with van der Waals surface area (Å²) in [5.41, 5.74) is 1.47. The number of hydrogen-bond acceptors (Lipinski definition) is 7. The summed E-state index contributed by atoms with van der Waals surface area (Å²) in [6.07, 6.45) is 2.03. The summed E-state index contributed by atoms with van der Waals surface area (Å²) in [5.74, 6) is 2.42. The van der Waals surface area contributed by atoms with Crippen molar-refractivity contribution in [2.45, 2.75) is 32.0 Å². The molecular formula is C24H26N2O5S. The van der Waals surface area contributed by atoms with Gasteiger partial charge in [0.1, 0.15) is 17.4 Å². The quantitative estimate of drug-likeness (QED) is 0.448. The molecule has 1 aromatic heterocycles. The molecule has 0 spiro atoms. The molecule has 8 heteroatoms. The maximum Gasteiger partial charge on any atom is 0.254 e. The smallest absolute Gasteiger partial charge is 0.254 e. The van der Waals surface area contributed by atoms with Gasteiger partial charge in [-0.3, -0.25) is 4.79 Å². The molecular weight excluding hydrogens is 428 g/mol. The molecule has 4 rings (SSSR count). The monoisotopic (exact) mass is 454 g/mol. The molecule has 0 atom stereocenters. The number of amides is 1. The average Bonchev–Trinajstić information content (AvgIpc) is 3.58. The highest BCUT2D eigenvalue weighted by molar-refractivity contribution is 7.09. The molecule has 3 aromatic rings. The average molecular weight is 455 g/mol. The molecule has 1 heterocycles. The molecule has 1 aliphatic carbocycles. The lowest BCUT2D eigenvalue weighted by atomic mass is 10.2. The number of carbonyl (C=O) groups is 1. The third-order valence-corrected chi connectivity index (χ3v) is 6.09. The number of hydrogen-bond donors (Lipinski definition) is 0. The van der Waals surface area contributed by atoms with Gasteiger partial charge in [-0.05, 0) is 43.2 Å². The van der Waals surface area contributed by atoms with Crippen LogP contribution < -0.4 is 18.9 Å². The van der Waals surface area contributed by atoms with E-state index in [0.29, 0.717) is 35.1 Å². The highest BCUT2D eigenvalue weighted by Gasteiger charge is 2.33. The molecule has 1 saturated carbocycles. The van der Waals surface area contributed by atoms with Crippen LogP contribution >= 0.6 is 11.3 Å². The van der Waals surface area contributed by atoms with E-state index in [-0.39, 0.29) is 18.6 Å². The van der Waals surface area contributed by atoms with Crippen LogP contribution in [-0.4, -0.2) is 43.2 Å². The summed E-state index contributed by atoms with van der Waals surface area (Å²) < 4.78 is 22.0. The molecule has 0 saturated heterocycles. The Hall–Kier alpha value is -3.26. The second-order valence-corrected chi connectivity index (χ2v) is 8.35. The minimum absolute atomic E-state index is 0.00374. The predicted octanol–water partition coefficient (Wildman–Crippen LogP) is 4.55. The van der Waals surface area contributed by atoms with Crippen LogP contribution in [0.15, 0.2) is 47.8 Å². The van der Waals surface area contributed by atoms with Crippen molar-refractivity contribution in [2.24, 2.45) is 0 Å². The van der Waals surface area contributed by atoms with Crippen LogP contribution in [0.25, 0.3) is 0 Å². The van der Waals surface area contributed by atoms with E-state index in [1.54, 1.807) is 27.4 Å². The van der Waals surface area contributed by atoms with Crippen molar-refractivity contribution in [1.82, 2.24) is 9.88 Å². The van der Waals surface area contributed by atoms with Gasteiger partial charge in [-0.25, -0.2) is 4.98 Å². The second-order valence-electron chi connectivity index (χ2n) is 7.41. The minimum atomic E-state index is -0.00374. The van der Waals surface area contributed by atoms with Crippen molar-refractivity contribution in [3.05, 3.63) is 64.1 Å². The zero-order chi connectivity index (χ0) is 22.5. The third kappa shape index (κ3) is 4.96. The maximum atomic E-state index is 13.2. The first kappa shape index (κ1) is 22.0. The first-order chi connectivity index (χ1) is 15.6. The van der Waals surface area contributed by atoms with E-state index >= 15 is 0 Å². The summed E-state index contributed by atoms with van der Waals surface area (Å²) >= 11 is 1.51. The van der Waals surface area contributed by atoms with Crippen LogP contribution in [0.1, 0.15) is 33.9 Å². The summed E-state index contributed by atoms with van der Waals surface area (Å²) in [7, 11) is 4.78. The normalized spacial score (nSPS) is 12.8. The Balaban J connectivity index is 1.44. The molecule has 32 heavy (non-hydrogen) atoms. The van der Waals surface area contributed by atoms with E-state index in [2.05, 4.69) is 4.98 Å². The summed E-state index contributed by atoms with van der Waals surface area (Å²) in [6, 6.07) is 13.0. The van der Waals surface area contributed by atoms with E-state index < -0.39 is 0 Å². The first-order valence-electron chi connectivity index (χ1n) is 10.3. The standard InChI is InChI=1S/C24H26N2O5S/c1-28-19-7-4-6-16(12-19)24(27)26(18-10-11-18)13-17-15-32-22(25-17)14-31-23-20(29-2)8-5-9-21(23)30-3/h4-9,12,15,18H,10-11,13-14H2,1-3H3. The van der Waals surface area contributed by atoms with Gasteiger partial charge < -0.3 is 23.8 Å². The van der Waals surface area contributed by atoms with Gasteiger partial charge in [-0.1, -0.05) is 12.1 Å². The van der Waals surface area contributed by atoms with E-state index in [4.69, 9.17) is 18.9 Å². The molecule has 0 bridgehead atoms. The SMILES string of the molecule is COc1cccc(C(=O)N(Cc2csc(COc3c(OC)cccc3OC)n2)C2CC2)c1. The Morgan fingerprint density at radius 1 is 1.06 bits per heavy atom. The van der Waals surface area contributed by atoms with Gasteiger partial charge in [0.05, 0.1) is 33.6 Å². The van der Waals surface area contributed by atoms with Crippen LogP contribution in [0.3, 0.4) is 0 Å². The molecule has 168 valence electrons. The number of benzene rings is 2. The first-order valence-corrected chi connectivity index (χ1v) is 11.2. The van der Waals surface area contributed by atoms with Crippen molar-refractivity contribution in [3.63, 3.8) is 0 Å². The summed E-state index contributed by atoms with van der Waals surface area (Å²) in [6.45, 7) is 0.754. The van der Waals surface area contributed by atoms with Gasteiger partial charge >= 0.3 is 0 Å². The molecule has 1 aliphatic rings. The number of aromatic nitrogens is 1. The zero-order valence-corrected chi connectivity index (χ0v) is 19.2. The molecule has 7 nitrogen and oxygen atoms in total. The van der Waals surface area contributed by atoms with Crippen LogP contribution in [-0.2, 0) is 13.2 Å². The lowest BCUT2D eigenvalue weighted by molar-refractivity contribution is 0.0727. The van der Waals surface area contributed by atoms with E-state index in [1.165, 1.54) is 11.3 Å². The maximum absolute atomic E-state index is 13.2. The fraction of sp³-hybridized carbons (Fsp3) is 0.333. The van der Waals surface area contributed by atoms with Crippen molar-refractivity contribution in [1.29, 1.82) is 0 Å². The third-order valence-electron chi connectivity index (χ3n) is 5.22. The summed E-state index contributed by atoms with van der Waals surface area (Å²) in [4.78, 5) is 19.7. The highest BCUT2D eigenvalue weighted by Crippen LogP contribution is 2.37. The van der Waals surface area contributed by atoms with Crippen molar-refractivity contribution in [3.8, 4) is 23.0 Å². The topological polar surface area (TPSA) is 70.1 Å². The van der Waals surface area contributed by atoms with Crippen LogP contribution in [0.5, 0.6) is 23.0 Å². The Bertz CT molecular complexity index is 1060. The van der Waals surface area contributed by atoms with Gasteiger partial charge in [0.25, 0.3) is 5.91 Å².